The molecule has 1 fully saturated rings. The molecule has 180 valence electrons. The molecule has 1 aromatic heterocycles. The minimum absolute atomic E-state index is 0.0149. The van der Waals surface area contributed by atoms with Crippen LogP contribution in [0.15, 0.2) is 54.6 Å². The summed E-state index contributed by atoms with van der Waals surface area (Å²) in [6.45, 7) is 6.10. The van der Waals surface area contributed by atoms with Crippen LogP contribution in [-0.4, -0.2) is 59.7 Å². The van der Waals surface area contributed by atoms with Gasteiger partial charge in [-0.2, -0.15) is 0 Å². The zero-order chi connectivity index (χ0) is 24.2. The van der Waals surface area contributed by atoms with Crippen molar-refractivity contribution in [3.8, 4) is 11.4 Å². The normalized spacial score (nSPS) is 15.0. The monoisotopic (exact) mass is 472 g/mol. The Kier molecular flexibility index (Phi) is 6.58. The molecule has 0 bridgehead atoms. The van der Waals surface area contributed by atoms with Crippen LogP contribution in [0.1, 0.15) is 28.5 Å². The fourth-order valence-electron chi connectivity index (χ4n) is 4.35. The molecule has 0 aliphatic carbocycles. The van der Waals surface area contributed by atoms with Crippen molar-refractivity contribution in [2.45, 2.75) is 20.0 Å². The third kappa shape index (κ3) is 4.95. The molecule has 2 aliphatic heterocycles. The maximum Gasteiger partial charge on any atom is 0.319 e. The van der Waals surface area contributed by atoms with Crippen molar-refractivity contribution in [1.82, 2.24) is 20.2 Å². The number of carbonyl (C=O) groups is 2. The summed E-state index contributed by atoms with van der Waals surface area (Å²) in [6, 6.07) is 16.5. The van der Waals surface area contributed by atoms with E-state index < -0.39 is 0 Å². The molecule has 3 amide bonds. The highest BCUT2D eigenvalue weighted by molar-refractivity contribution is 5.94. The van der Waals surface area contributed by atoms with Crippen LogP contribution in [-0.2, 0) is 17.8 Å². The average molecular weight is 473 g/mol. The first kappa shape index (κ1) is 22.8. The lowest BCUT2D eigenvalue weighted by molar-refractivity contribution is 0.0750. The van der Waals surface area contributed by atoms with Gasteiger partial charge in [0, 0.05) is 42.0 Å². The number of morpholine rings is 1. The fourth-order valence-corrected chi connectivity index (χ4v) is 4.35. The lowest BCUT2D eigenvalue weighted by Gasteiger charge is -2.29. The van der Waals surface area contributed by atoms with E-state index in [2.05, 4.69) is 15.5 Å². The number of benzene rings is 2. The van der Waals surface area contributed by atoms with Crippen molar-refractivity contribution in [3.05, 3.63) is 71.4 Å². The second kappa shape index (κ2) is 10.1. The summed E-state index contributed by atoms with van der Waals surface area (Å²) in [5, 5.41) is 5.52. The Hall–Kier alpha value is -3.98. The zero-order valence-corrected chi connectivity index (χ0v) is 19.7. The molecule has 9 heteroatoms. The first-order valence-electron chi connectivity index (χ1n) is 11.8. The number of nitrogens with zero attached hydrogens (tertiary/aromatic N) is 4. The molecule has 5 rings (SSSR count). The number of carbonyl (C=O) groups excluding carboxylic acids is 2. The summed E-state index contributed by atoms with van der Waals surface area (Å²) in [5.74, 6) is 1.45. The second-order valence-electron chi connectivity index (χ2n) is 8.48. The minimum Gasteiger partial charge on any atom is -0.378 e. The van der Waals surface area contributed by atoms with Gasteiger partial charge in [-0.05, 0) is 43.3 Å². The molecule has 2 aliphatic rings. The number of ether oxygens (including phenoxy) is 1. The molecule has 3 heterocycles. The van der Waals surface area contributed by atoms with Gasteiger partial charge in [-0.25, -0.2) is 14.8 Å². The Morgan fingerprint density at radius 2 is 1.71 bits per heavy atom. The molecule has 2 N–H and O–H groups in total. The lowest BCUT2D eigenvalue weighted by atomic mass is 10.1. The lowest BCUT2D eigenvalue weighted by Crippen LogP contribution is -2.37. The Morgan fingerprint density at radius 1 is 0.971 bits per heavy atom. The van der Waals surface area contributed by atoms with E-state index in [1.807, 2.05) is 66.4 Å². The maximum absolute atomic E-state index is 13.1. The van der Waals surface area contributed by atoms with Crippen LogP contribution in [0.5, 0.6) is 0 Å². The quantitative estimate of drug-likeness (QED) is 0.591. The van der Waals surface area contributed by atoms with E-state index in [4.69, 9.17) is 14.7 Å². The Labute approximate surface area is 204 Å². The molecular weight excluding hydrogens is 444 g/mol. The number of anilines is 2. The third-order valence-electron chi connectivity index (χ3n) is 6.12. The van der Waals surface area contributed by atoms with Gasteiger partial charge in [0.2, 0.25) is 0 Å². The number of hydrogen-bond donors (Lipinski definition) is 2. The Balaban J connectivity index is 1.45. The van der Waals surface area contributed by atoms with E-state index in [-0.39, 0.29) is 11.9 Å². The predicted molar refractivity (Wildman–Crippen MR) is 133 cm³/mol. The summed E-state index contributed by atoms with van der Waals surface area (Å²) >= 11 is 0. The van der Waals surface area contributed by atoms with Crippen molar-refractivity contribution in [3.63, 3.8) is 0 Å². The zero-order valence-electron chi connectivity index (χ0n) is 19.7. The number of aromatic nitrogens is 2. The summed E-state index contributed by atoms with van der Waals surface area (Å²) in [5.41, 5.74) is 4.06. The Morgan fingerprint density at radius 3 is 2.43 bits per heavy atom. The SMILES string of the molecule is CCNC(=O)Nc1ccc(-c2nc3c(c(N4CCOCC4)n2)CN(C(=O)c2ccccc2)C3)cc1. The van der Waals surface area contributed by atoms with Crippen molar-refractivity contribution in [2.24, 2.45) is 0 Å². The van der Waals surface area contributed by atoms with Gasteiger partial charge in [0.25, 0.3) is 5.91 Å². The number of fused-ring (bicyclic) bond motifs is 1. The van der Waals surface area contributed by atoms with Crippen LogP contribution in [0.3, 0.4) is 0 Å². The van der Waals surface area contributed by atoms with E-state index >= 15 is 0 Å². The van der Waals surface area contributed by atoms with Gasteiger partial charge in [-0.3, -0.25) is 4.79 Å². The minimum atomic E-state index is -0.244. The summed E-state index contributed by atoms with van der Waals surface area (Å²) < 4.78 is 5.55. The molecule has 0 radical (unpaired) electrons. The van der Waals surface area contributed by atoms with Crippen LogP contribution < -0.4 is 15.5 Å². The molecule has 1 saturated heterocycles. The molecule has 0 unspecified atom stereocenters. The van der Waals surface area contributed by atoms with E-state index in [9.17, 15) is 9.59 Å². The number of hydrogen-bond acceptors (Lipinski definition) is 6. The van der Waals surface area contributed by atoms with Gasteiger partial charge in [-0.1, -0.05) is 18.2 Å². The van der Waals surface area contributed by atoms with Gasteiger partial charge in [0.1, 0.15) is 5.82 Å². The van der Waals surface area contributed by atoms with Crippen LogP contribution in [0.2, 0.25) is 0 Å². The van der Waals surface area contributed by atoms with Crippen LogP contribution >= 0.6 is 0 Å². The van der Waals surface area contributed by atoms with Gasteiger partial charge in [0.05, 0.1) is 32.0 Å². The molecule has 0 saturated carbocycles. The summed E-state index contributed by atoms with van der Waals surface area (Å²) in [7, 11) is 0. The first-order chi connectivity index (χ1) is 17.1. The van der Waals surface area contributed by atoms with Crippen LogP contribution in [0.4, 0.5) is 16.3 Å². The van der Waals surface area contributed by atoms with Crippen molar-refractivity contribution in [2.75, 3.05) is 43.1 Å². The predicted octanol–water partition coefficient (Wildman–Crippen LogP) is 3.28. The first-order valence-corrected chi connectivity index (χ1v) is 11.8. The standard InChI is InChI=1S/C26H28N6O3/c1-2-27-26(34)28-20-10-8-18(9-11-20)23-29-22-17-32(25(33)19-6-4-3-5-7-19)16-21(22)24(30-23)31-12-14-35-15-13-31/h3-11H,2,12-17H2,1H3,(H2,27,28,34). The fraction of sp³-hybridized carbons (Fsp3) is 0.308. The largest absolute Gasteiger partial charge is 0.378 e. The Bertz CT molecular complexity index is 1210. The van der Waals surface area contributed by atoms with Crippen molar-refractivity contribution in [1.29, 1.82) is 0 Å². The van der Waals surface area contributed by atoms with Gasteiger partial charge in [0.15, 0.2) is 5.82 Å². The van der Waals surface area contributed by atoms with Gasteiger partial charge in [-0.15, -0.1) is 0 Å². The smallest absolute Gasteiger partial charge is 0.319 e. The summed E-state index contributed by atoms with van der Waals surface area (Å²) in [4.78, 5) is 38.8. The van der Waals surface area contributed by atoms with E-state index in [1.54, 1.807) is 0 Å². The molecule has 0 atom stereocenters. The summed E-state index contributed by atoms with van der Waals surface area (Å²) in [6.07, 6.45) is 0. The van der Waals surface area contributed by atoms with Crippen LogP contribution in [0, 0.1) is 0 Å². The number of amides is 3. The average Bonchev–Trinajstić information content (AvgIpc) is 3.33. The number of urea groups is 1. The van der Waals surface area contributed by atoms with Gasteiger partial charge < -0.3 is 25.2 Å². The molecule has 35 heavy (non-hydrogen) atoms. The second-order valence-corrected chi connectivity index (χ2v) is 8.48. The molecule has 2 aromatic carbocycles. The van der Waals surface area contributed by atoms with Crippen molar-refractivity contribution < 1.29 is 14.3 Å². The number of rotatable bonds is 5. The topological polar surface area (TPSA) is 99.7 Å². The maximum atomic E-state index is 13.1. The van der Waals surface area contributed by atoms with E-state index in [0.717, 1.165) is 35.7 Å². The number of nitrogens with one attached hydrogen (secondary N) is 2. The highest BCUT2D eigenvalue weighted by Crippen LogP contribution is 2.33. The molecule has 9 nitrogen and oxygen atoms in total. The van der Waals surface area contributed by atoms with E-state index in [0.29, 0.717) is 49.9 Å². The molecule has 0 spiro atoms. The van der Waals surface area contributed by atoms with Gasteiger partial charge >= 0.3 is 6.03 Å². The van der Waals surface area contributed by atoms with E-state index in [1.165, 1.54) is 0 Å². The molecular formula is C26H28N6O3. The highest BCUT2D eigenvalue weighted by Gasteiger charge is 2.31. The third-order valence-corrected chi connectivity index (χ3v) is 6.12. The highest BCUT2D eigenvalue weighted by atomic mass is 16.5. The molecule has 3 aromatic rings. The van der Waals surface area contributed by atoms with Crippen LogP contribution in [0.25, 0.3) is 11.4 Å². The van der Waals surface area contributed by atoms with Crippen molar-refractivity contribution >= 4 is 23.4 Å².